The normalized spacial score (nSPS) is 23.6. The van der Waals surface area contributed by atoms with Gasteiger partial charge in [-0.05, 0) is 36.3 Å². The Hall–Kier alpha value is -1.35. The van der Waals surface area contributed by atoms with E-state index in [1.165, 1.54) is 43.2 Å². The minimum atomic E-state index is -0.346. The highest BCUT2D eigenvalue weighted by atomic mass is 16.2. The number of nitrogens with one attached hydrogen (secondary N) is 1. The molecule has 2 aliphatic carbocycles. The molecule has 114 valence electrons. The summed E-state index contributed by atoms with van der Waals surface area (Å²) in [4.78, 5) is 12.3. The monoisotopic (exact) mass is 286 g/mol. The number of carbonyl (C=O) groups is 1. The molecule has 0 aromatic heterocycles. The topological polar surface area (TPSA) is 55.1 Å². The third-order valence-electron chi connectivity index (χ3n) is 5.10. The molecule has 0 spiro atoms. The molecule has 3 nitrogen and oxygen atoms in total. The first-order valence-corrected chi connectivity index (χ1v) is 8.38. The van der Waals surface area contributed by atoms with Gasteiger partial charge in [-0.2, -0.15) is 0 Å². The van der Waals surface area contributed by atoms with Gasteiger partial charge >= 0.3 is 0 Å². The predicted molar refractivity (Wildman–Crippen MR) is 84.8 cm³/mol. The van der Waals surface area contributed by atoms with Crippen molar-refractivity contribution >= 4 is 5.91 Å². The fourth-order valence-corrected chi connectivity index (χ4v) is 3.87. The first-order chi connectivity index (χ1) is 10.2. The molecule has 21 heavy (non-hydrogen) atoms. The molecule has 2 unspecified atom stereocenters. The lowest BCUT2D eigenvalue weighted by Crippen LogP contribution is -2.43. The number of fused-ring (bicyclic) bond motifs is 1. The van der Waals surface area contributed by atoms with Crippen LogP contribution in [0, 0.1) is 5.92 Å². The van der Waals surface area contributed by atoms with Crippen molar-refractivity contribution in [2.24, 2.45) is 11.7 Å². The first kappa shape index (κ1) is 14.6. The van der Waals surface area contributed by atoms with Gasteiger partial charge in [-0.15, -0.1) is 0 Å². The zero-order chi connectivity index (χ0) is 14.7. The lowest BCUT2D eigenvalue weighted by molar-refractivity contribution is -0.123. The van der Waals surface area contributed by atoms with Crippen LogP contribution in [0.3, 0.4) is 0 Å². The highest BCUT2D eigenvalue weighted by Crippen LogP contribution is 2.31. The van der Waals surface area contributed by atoms with Gasteiger partial charge in [0.2, 0.25) is 5.91 Å². The van der Waals surface area contributed by atoms with Gasteiger partial charge in [0.1, 0.15) is 0 Å². The second-order valence-electron chi connectivity index (χ2n) is 6.64. The third-order valence-corrected chi connectivity index (χ3v) is 5.10. The summed E-state index contributed by atoms with van der Waals surface area (Å²) in [5, 5.41) is 3.16. The zero-order valence-electron chi connectivity index (χ0n) is 12.7. The molecule has 2 aliphatic rings. The van der Waals surface area contributed by atoms with Crippen LogP contribution >= 0.6 is 0 Å². The quantitative estimate of drug-likeness (QED) is 0.893. The van der Waals surface area contributed by atoms with Crippen LogP contribution in [0.5, 0.6) is 0 Å². The molecule has 1 fully saturated rings. The van der Waals surface area contributed by atoms with Crippen LogP contribution in [0.25, 0.3) is 0 Å². The van der Waals surface area contributed by atoms with E-state index < -0.39 is 0 Å². The van der Waals surface area contributed by atoms with E-state index in [1.807, 2.05) is 6.07 Å². The van der Waals surface area contributed by atoms with E-state index in [0.717, 1.165) is 19.3 Å². The third kappa shape index (κ3) is 3.46. The van der Waals surface area contributed by atoms with Gasteiger partial charge < -0.3 is 11.1 Å². The summed E-state index contributed by atoms with van der Waals surface area (Å²) < 4.78 is 0. The first-order valence-electron chi connectivity index (χ1n) is 8.38. The second kappa shape index (κ2) is 6.61. The lowest BCUT2D eigenvalue weighted by atomic mass is 9.85. The Balaban J connectivity index is 1.54. The summed E-state index contributed by atoms with van der Waals surface area (Å²) >= 11 is 0. The maximum absolute atomic E-state index is 12.3. The molecule has 3 rings (SSSR count). The molecular formula is C18H26N2O. The Morgan fingerprint density at radius 2 is 1.95 bits per heavy atom. The average molecular weight is 286 g/mol. The molecule has 1 saturated carbocycles. The summed E-state index contributed by atoms with van der Waals surface area (Å²) in [7, 11) is 0. The van der Waals surface area contributed by atoms with Crippen molar-refractivity contribution in [3.8, 4) is 0 Å². The molecule has 0 heterocycles. The smallest absolute Gasteiger partial charge is 0.237 e. The van der Waals surface area contributed by atoms with Crippen LogP contribution < -0.4 is 11.1 Å². The Labute approximate surface area is 127 Å². The number of rotatable bonds is 4. The van der Waals surface area contributed by atoms with Crippen molar-refractivity contribution in [3.05, 3.63) is 35.4 Å². The number of nitrogens with two attached hydrogens (primary N) is 1. The van der Waals surface area contributed by atoms with E-state index in [0.29, 0.717) is 5.92 Å². The second-order valence-corrected chi connectivity index (χ2v) is 6.64. The predicted octanol–water partition coefficient (Wildman–Crippen LogP) is 3.09. The molecule has 3 N–H and O–H groups in total. The van der Waals surface area contributed by atoms with E-state index in [-0.39, 0.29) is 18.0 Å². The molecule has 0 aliphatic heterocycles. The summed E-state index contributed by atoms with van der Waals surface area (Å²) in [6.45, 7) is 0. The van der Waals surface area contributed by atoms with Crippen molar-refractivity contribution in [2.45, 2.75) is 63.5 Å². The van der Waals surface area contributed by atoms with Crippen molar-refractivity contribution in [1.82, 2.24) is 5.32 Å². The maximum atomic E-state index is 12.3. The number of aryl methyl sites for hydroxylation is 1. The van der Waals surface area contributed by atoms with E-state index in [4.69, 9.17) is 5.73 Å². The number of hydrogen-bond acceptors (Lipinski definition) is 2. The fraction of sp³-hybridized carbons (Fsp3) is 0.611. The van der Waals surface area contributed by atoms with Crippen LogP contribution in [0.4, 0.5) is 0 Å². The molecule has 0 radical (unpaired) electrons. The Kier molecular flexibility index (Phi) is 4.59. The molecule has 1 aromatic carbocycles. The SMILES string of the molecule is NC(CC1CCCCC1)C(=O)NC1CCc2ccccc21. The molecule has 2 atom stereocenters. The van der Waals surface area contributed by atoms with Crippen molar-refractivity contribution in [2.75, 3.05) is 0 Å². The molecule has 1 amide bonds. The van der Waals surface area contributed by atoms with Gasteiger partial charge in [0.05, 0.1) is 12.1 Å². The number of benzene rings is 1. The molecule has 1 aromatic rings. The highest BCUT2D eigenvalue weighted by molar-refractivity contribution is 5.82. The number of amides is 1. The molecule has 0 saturated heterocycles. The van der Waals surface area contributed by atoms with Gasteiger partial charge in [-0.3, -0.25) is 4.79 Å². The maximum Gasteiger partial charge on any atom is 0.237 e. The van der Waals surface area contributed by atoms with Gasteiger partial charge in [0, 0.05) is 0 Å². The van der Waals surface area contributed by atoms with Gasteiger partial charge in [-0.1, -0.05) is 56.4 Å². The number of hydrogen-bond donors (Lipinski definition) is 2. The van der Waals surface area contributed by atoms with Crippen molar-refractivity contribution in [1.29, 1.82) is 0 Å². The average Bonchev–Trinajstić information content (AvgIpc) is 2.91. The summed E-state index contributed by atoms with van der Waals surface area (Å²) in [5.74, 6) is 0.678. The Morgan fingerprint density at radius 3 is 2.76 bits per heavy atom. The summed E-state index contributed by atoms with van der Waals surface area (Å²) in [6, 6.07) is 8.21. The zero-order valence-corrected chi connectivity index (χ0v) is 12.7. The van der Waals surface area contributed by atoms with E-state index in [2.05, 4.69) is 23.5 Å². The van der Waals surface area contributed by atoms with Gasteiger partial charge in [0.15, 0.2) is 0 Å². The molecule has 3 heteroatoms. The summed E-state index contributed by atoms with van der Waals surface area (Å²) in [5.41, 5.74) is 8.77. The van der Waals surface area contributed by atoms with Gasteiger partial charge in [-0.25, -0.2) is 0 Å². The molecule has 0 bridgehead atoms. The van der Waals surface area contributed by atoms with Crippen molar-refractivity contribution < 1.29 is 4.79 Å². The van der Waals surface area contributed by atoms with E-state index >= 15 is 0 Å². The highest BCUT2D eigenvalue weighted by Gasteiger charge is 2.27. The van der Waals surface area contributed by atoms with E-state index in [9.17, 15) is 4.79 Å². The standard InChI is InChI=1S/C18H26N2O/c19-16(12-13-6-2-1-3-7-13)18(21)20-17-11-10-14-8-4-5-9-15(14)17/h4-5,8-9,13,16-17H,1-3,6-7,10-12,19H2,(H,20,21). The largest absolute Gasteiger partial charge is 0.348 e. The summed E-state index contributed by atoms with van der Waals surface area (Å²) in [6.07, 6.45) is 9.34. The van der Waals surface area contributed by atoms with Crippen molar-refractivity contribution in [3.63, 3.8) is 0 Å². The minimum Gasteiger partial charge on any atom is -0.348 e. The van der Waals surface area contributed by atoms with Crippen LogP contribution in [-0.4, -0.2) is 11.9 Å². The molecular weight excluding hydrogens is 260 g/mol. The van der Waals surface area contributed by atoms with Crippen LogP contribution in [0.1, 0.15) is 62.1 Å². The van der Waals surface area contributed by atoms with Crippen LogP contribution in [-0.2, 0) is 11.2 Å². The minimum absolute atomic E-state index is 0.0299. The lowest BCUT2D eigenvalue weighted by Gasteiger charge is -2.25. The number of carbonyl (C=O) groups excluding carboxylic acids is 1. The van der Waals surface area contributed by atoms with Crippen LogP contribution in [0.2, 0.25) is 0 Å². The van der Waals surface area contributed by atoms with Crippen LogP contribution in [0.15, 0.2) is 24.3 Å². The Bertz CT molecular complexity index is 494. The van der Waals surface area contributed by atoms with E-state index in [1.54, 1.807) is 0 Å². The fourth-order valence-electron chi connectivity index (χ4n) is 3.87. The Morgan fingerprint density at radius 1 is 1.19 bits per heavy atom. The van der Waals surface area contributed by atoms with Gasteiger partial charge in [0.25, 0.3) is 0 Å².